The van der Waals surface area contributed by atoms with E-state index in [-0.39, 0.29) is 0 Å². The van der Waals surface area contributed by atoms with Crippen LogP contribution in [0.25, 0.3) is 5.57 Å². The van der Waals surface area contributed by atoms with E-state index in [9.17, 15) is 19.4 Å². The second kappa shape index (κ2) is 5.25. The molecule has 0 amide bonds. The van der Waals surface area contributed by atoms with Crippen LogP contribution in [-0.2, 0) is 0 Å². The Hall–Kier alpha value is -1.04. The Balaban J connectivity index is 2.11. The summed E-state index contributed by atoms with van der Waals surface area (Å²) in [5.41, 5.74) is 1.57. The molecule has 0 saturated heterocycles. The third-order valence-corrected chi connectivity index (χ3v) is 5.32. The number of halogens is 5. The van der Waals surface area contributed by atoms with E-state index in [0.29, 0.717) is 23.6 Å². The van der Waals surface area contributed by atoms with Crippen LogP contribution >= 0.6 is 10.2 Å². The molecule has 22 heavy (non-hydrogen) atoms. The molecule has 1 aromatic rings. The van der Waals surface area contributed by atoms with Crippen molar-refractivity contribution in [3.63, 3.8) is 0 Å². The number of rotatable bonds is 5. The van der Waals surface area contributed by atoms with E-state index >= 15 is 0 Å². The summed E-state index contributed by atoms with van der Waals surface area (Å²) in [5.74, 6) is 0.632. The lowest BCUT2D eigenvalue weighted by Crippen LogP contribution is -2.07. The molecule has 0 heterocycles. The molecule has 1 aromatic carbocycles. The number of benzene rings is 1. The van der Waals surface area contributed by atoms with Crippen molar-refractivity contribution in [2.45, 2.75) is 50.3 Å². The first-order valence-electron chi connectivity index (χ1n) is 7.53. The first-order valence-corrected chi connectivity index (χ1v) is 9.48. The quantitative estimate of drug-likeness (QED) is 0.481. The van der Waals surface area contributed by atoms with E-state index in [1.54, 1.807) is 0 Å². The van der Waals surface area contributed by atoms with Gasteiger partial charge in [0.05, 0.1) is 0 Å². The summed E-state index contributed by atoms with van der Waals surface area (Å²) in [7, 11) is -9.56. The molecule has 2 rings (SSSR count). The molecular weight excluding hydrogens is 319 g/mol. The van der Waals surface area contributed by atoms with Crippen molar-refractivity contribution in [1.29, 1.82) is 0 Å². The molecule has 0 aromatic heterocycles. The Morgan fingerprint density at radius 3 is 2.14 bits per heavy atom. The number of unbranched alkanes of at least 4 members (excludes halogenated alkanes) is 1. The molecule has 0 bridgehead atoms. The number of hydrogen-bond donors (Lipinski definition) is 0. The molecule has 0 saturated carbocycles. The van der Waals surface area contributed by atoms with E-state index in [1.807, 2.05) is 6.08 Å². The summed E-state index contributed by atoms with van der Waals surface area (Å²) in [6.07, 6.45) is 8.27. The predicted molar refractivity (Wildman–Crippen MR) is 82.7 cm³/mol. The van der Waals surface area contributed by atoms with Crippen molar-refractivity contribution < 1.29 is 19.4 Å². The molecule has 1 aliphatic rings. The topological polar surface area (TPSA) is 0 Å². The summed E-state index contributed by atoms with van der Waals surface area (Å²) >= 11 is 0. The highest BCUT2D eigenvalue weighted by molar-refractivity contribution is 8.45. The highest BCUT2D eigenvalue weighted by Crippen LogP contribution is 3.02. The van der Waals surface area contributed by atoms with Gasteiger partial charge in [-0.15, -0.1) is 0 Å². The second-order valence-corrected chi connectivity index (χ2v) is 8.41. The molecule has 0 aliphatic heterocycles. The fourth-order valence-corrected chi connectivity index (χ4v) is 3.48. The highest BCUT2D eigenvalue weighted by Gasteiger charge is 2.65. The molecule has 1 aliphatic carbocycles. The van der Waals surface area contributed by atoms with Crippen molar-refractivity contribution >= 4 is 15.8 Å². The van der Waals surface area contributed by atoms with Crippen molar-refractivity contribution in [3.8, 4) is 0 Å². The van der Waals surface area contributed by atoms with Crippen LogP contribution in [0.5, 0.6) is 0 Å². The summed E-state index contributed by atoms with van der Waals surface area (Å²) in [6.45, 7) is 2.14. The Morgan fingerprint density at radius 1 is 1.05 bits per heavy atom. The van der Waals surface area contributed by atoms with Crippen LogP contribution in [-0.4, -0.2) is 0 Å². The molecule has 0 fully saturated rings. The number of hydrogen-bond acceptors (Lipinski definition) is 0. The Labute approximate surface area is 128 Å². The van der Waals surface area contributed by atoms with Gasteiger partial charge >= 0.3 is 10.2 Å². The zero-order valence-corrected chi connectivity index (χ0v) is 13.3. The Morgan fingerprint density at radius 2 is 1.68 bits per heavy atom. The summed E-state index contributed by atoms with van der Waals surface area (Å²) in [5, 5.41) is 0. The molecule has 1 unspecified atom stereocenters. The largest absolute Gasteiger partial charge is 0.310 e. The predicted octanol–water partition coefficient (Wildman–Crippen LogP) is 7.72. The SMILES string of the molecule is CCCCC1CC=C(c2ccc(S(F)(F)(F)(F)F)cc2)CC1. The van der Waals surface area contributed by atoms with E-state index in [0.717, 1.165) is 43.4 Å². The van der Waals surface area contributed by atoms with Crippen LogP contribution in [0.1, 0.15) is 51.0 Å². The van der Waals surface area contributed by atoms with Gasteiger partial charge in [-0.05, 0) is 48.4 Å². The fourth-order valence-electron chi connectivity index (χ4n) is 2.83. The maximum Gasteiger partial charge on any atom is 0.310 e. The van der Waals surface area contributed by atoms with Crippen molar-refractivity contribution in [3.05, 3.63) is 35.9 Å². The lowest BCUT2D eigenvalue weighted by molar-refractivity contribution is 0.364. The van der Waals surface area contributed by atoms with Crippen LogP contribution in [0.3, 0.4) is 0 Å². The number of allylic oxidation sites excluding steroid dienone is 2. The monoisotopic (exact) mass is 340 g/mol. The first-order chi connectivity index (χ1) is 9.99. The van der Waals surface area contributed by atoms with E-state index < -0.39 is 15.1 Å². The second-order valence-electron chi connectivity index (χ2n) is 6.01. The summed E-state index contributed by atoms with van der Waals surface area (Å²) in [6, 6.07) is 3.32. The molecule has 0 N–H and O–H groups in total. The highest BCUT2D eigenvalue weighted by atomic mass is 32.5. The van der Waals surface area contributed by atoms with Crippen LogP contribution in [0.15, 0.2) is 35.2 Å². The molecule has 0 nitrogen and oxygen atoms in total. The van der Waals surface area contributed by atoms with Crippen LogP contribution in [0.2, 0.25) is 0 Å². The summed E-state index contributed by atoms with van der Waals surface area (Å²) in [4.78, 5) is -1.82. The smallest absolute Gasteiger partial charge is 0.0936 e. The van der Waals surface area contributed by atoms with Gasteiger partial charge in [-0.25, -0.2) is 0 Å². The van der Waals surface area contributed by atoms with E-state index in [1.165, 1.54) is 12.8 Å². The summed E-state index contributed by atoms with van der Waals surface area (Å²) < 4.78 is 63.4. The standard InChI is InChI=1S/C16H21F5S/c1-2-3-4-13-5-7-14(8-6-13)15-9-11-16(12-10-15)22(17,18,19,20)21/h7,9-13H,2-6,8H2,1H3. The molecule has 1 atom stereocenters. The van der Waals surface area contributed by atoms with Gasteiger partial charge < -0.3 is 0 Å². The van der Waals surface area contributed by atoms with Crippen LogP contribution in [0.4, 0.5) is 19.4 Å². The van der Waals surface area contributed by atoms with Gasteiger partial charge in [-0.3, -0.25) is 0 Å². The lowest BCUT2D eigenvalue weighted by atomic mass is 9.84. The van der Waals surface area contributed by atoms with Gasteiger partial charge in [0.25, 0.3) is 0 Å². The minimum atomic E-state index is -9.56. The third kappa shape index (κ3) is 4.48. The van der Waals surface area contributed by atoms with E-state index in [2.05, 4.69) is 6.92 Å². The van der Waals surface area contributed by atoms with E-state index in [4.69, 9.17) is 0 Å². The molecular formula is C16H21F5S. The lowest BCUT2D eigenvalue weighted by Gasteiger charge is -2.40. The maximum absolute atomic E-state index is 12.7. The van der Waals surface area contributed by atoms with Crippen molar-refractivity contribution in [2.75, 3.05) is 0 Å². The van der Waals surface area contributed by atoms with Gasteiger partial charge in [0.1, 0.15) is 4.90 Å². The normalized spacial score (nSPS) is 22.6. The van der Waals surface area contributed by atoms with Gasteiger partial charge in [0, 0.05) is 0 Å². The van der Waals surface area contributed by atoms with Gasteiger partial charge in [-0.2, -0.15) is 0 Å². The van der Waals surface area contributed by atoms with Crippen LogP contribution < -0.4 is 0 Å². The first kappa shape index (κ1) is 17.3. The van der Waals surface area contributed by atoms with Gasteiger partial charge in [0.2, 0.25) is 0 Å². The minimum Gasteiger partial charge on any atom is -0.0936 e. The zero-order valence-electron chi connectivity index (χ0n) is 12.5. The van der Waals surface area contributed by atoms with Gasteiger partial charge in [0.15, 0.2) is 0 Å². The zero-order chi connectivity index (χ0) is 16.5. The average molecular weight is 340 g/mol. The molecule has 0 spiro atoms. The average Bonchev–Trinajstić information content (AvgIpc) is 2.43. The molecule has 6 heteroatoms. The van der Waals surface area contributed by atoms with Crippen molar-refractivity contribution in [1.82, 2.24) is 0 Å². The minimum absolute atomic E-state index is 0.501. The van der Waals surface area contributed by atoms with Gasteiger partial charge in [-0.1, -0.05) is 63.8 Å². The Bertz CT molecular complexity index is 556. The molecule has 0 radical (unpaired) electrons. The van der Waals surface area contributed by atoms with Crippen molar-refractivity contribution in [2.24, 2.45) is 5.92 Å². The Kier molecular flexibility index (Phi) is 4.13. The maximum atomic E-state index is 12.7. The fraction of sp³-hybridized carbons (Fsp3) is 0.500. The van der Waals surface area contributed by atoms with Crippen LogP contribution in [0, 0.1) is 5.92 Å². The molecule has 126 valence electrons. The third-order valence-electron chi connectivity index (χ3n) is 4.16.